The molecular formula is C16H20FNO2. The van der Waals surface area contributed by atoms with Crippen LogP contribution in [0.15, 0.2) is 41.0 Å². The monoisotopic (exact) mass is 277 g/mol. The third-order valence-corrected chi connectivity index (χ3v) is 2.98. The number of halogens is 1. The molecule has 0 spiro atoms. The van der Waals surface area contributed by atoms with Crippen LogP contribution in [-0.2, 0) is 6.54 Å². The number of hydrogen-bond donors (Lipinski definition) is 1. The van der Waals surface area contributed by atoms with E-state index in [1.54, 1.807) is 12.3 Å². The predicted molar refractivity (Wildman–Crippen MR) is 76.1 cm³/mol. The van der Waals surface area contributed by atoms with Crippen LogP contribution in [0.3, 0.4) is 0 Å². The van der Waals surface area contributed by atoms with Gasteiger partial charge < -0.3 is 14.5 Å². The molecule has 1 heterocycles. The zero-order valence-corrected chi connectivity index (χ0v) is 12.0. The molecule has 1 aromatic heterocycles. The molecule has 1 N–H and O–H groups in total. The predicted octanol–water partition coefficient (Wildman–Crippen LogP) is 4.06. The number of furan rings is 1. The molecule has 0 saturated carbocycles. The summed E-state index contributed by atoms with van der Waals surface area (Å²) < 4.78 is 24.6. The third kappa shape index (κ3) is 3.84. The Bertz CT molecular complexity index is 537. The lowest BCUT2D eigenvalue weighted by atomic mass is 10.1. The number of rotatable bonds is 6. The van der Waals surface area contributed by atoms with Gasteiger partial charge in [0.2, 0.25) is 0 Å². The standard InChI is InChI=1S/C16H20FNO2/c1-11(2)20-16-7-6-13(9-15(16)17)12(3)18-10-14-5-4-8-19-14/h4-9,11-12,18H,10H2,1-3H3/t12-/m0/s1. The molecule has 2 rings (SSSR count). The van der Waals surface area contributed by atoms with Crippen molar-refractivity contribution in [1.82, 2.24) is 5.32 Å². The maximum absolute atomic E-state index is 13.9. The van der Waals surface area contributed by atoms with Gasteiger partial charge in [-0.05, 0) is 50.6 Å². The minimum Gasteiger partial charge on any atom is -0.488 e. The number of benzene rings is 1. The smallest absolute Gasteiger partial charge is 0.165 e. The first-order valence-corrected chi connectivity index (χ1v) is 6.78. The van der Waals surface area contributed by atoms with Gasteiger partial charge in [-0.25, -0.2) is 4.39 Å². The van der Waals surface area contributed by atoms with Crippen LogP contribution in [0, 0.1) is 5.82 Å². The van der Waals surface area contributed by atoms with Crippen molar-refractivity contribution in [2.45, 2.75) is 39.5 Å². The molecule has 2 aromatic rings. The van der Waals surface area contributed by atoms with E-state index in [0.29, 0.717) is 12.3 Å². The molecule has 4 heteroatoms. The fourth-order valence-corrected chi connectivity index (χ4v) is 1.92. The van der Waals surface area contributed by atoms with E-state index in [0.717, 1.165) is 11.3 Å². The van der Waals surface area contributed by atoms with Crippen LogP contribution >= 0.6 is 0 Å². The Kier molecular flexibility index (Phi) is 4.79. The van der Waals surface area contributed by atoms with Gasteiger partial charge in [0.25, 0.3) is 0 Å². The quantitative estimate of drug-likeness (QED) is 0.864. The molecule has 3 nitrogen and oxygen atoms in total. The van der Waals surface area contributed by atoms with E-state index in [1.165, 1.54) is 6.07 Å². The first-order valence-electron chi connectivity index (χ1n) is 6.78. The molecule has 0 fully saturated rings. The normalized spacial score (nSPS) is 12.7. The fourth-order valence-electron chi connectivity index (χ4n) is 1.92. The van der Waals surface area contributed by atoms with Crippen LogP contribution in [-0.4, -0.2) is 6.10 Å². The van der Waals surface area contributed by atoms with Gasteiger partial charge in [-0.1, -0.05) is 6.07 Å². The van der Waals surface area contributed by atoms with E-state index in [2.05, 4.69) is 5.32 Å². The number of hydrogen-bond acceptors (Lipinski definition) is 3. The van der Waals surface area contributed by atoms with Crippen LogP contribution in [0.25, 0.3) is 0 Å². The number of nitrogens with one attached hydrogen (secondary N) is 1. The summed E-state index contributed by atoms with van der Waals surface area (Å²) in [6.07, 6.45) is 1.60. The van der Waals surface area contributed by atoms with E-state index in [4.69, 9.17) is 9.15 Å². The molecular weight excluding hydrogens is 257 g/mol. The SMILES string of the molecule is CC(C)Oc1ccc([C@H](C)NCc2ccco2)cc1F. The Morgan fingerprint density at radius 2 is 2.05 bits per heavy atom. The van der Waals surface area contributed by atoms with Crippen molar-refractivity contribution in [2.75, 3.05) is 0 Å². The highest BCUT2D eigenvalue weighted by Crippen LogP contribution is 2.23. The van der Waals surface area contributed by atoms with Crippen LogP contribution in [0.5, 0.6) is 5.75 Å². The lowest BCUT2D eigenvalue weighted by molar-refractivity contribution is 0.231. The summed E-state index contributed by atoms with van der Waals surface area (Å²) in [7, 11) is 0. The second-order valence-electron chi connectivity index (χ2n) is 5.04. The summed E-state index contributed by atoms with van der Waals surface area (Å²) in [5.41, 5.74) is 0.880. The average Bonchev–Trinajstić information content (AvgIpc) is 2.91. The van der Waals surface area contributed by atoms with Gasteiger partial charge in [0.05, 0.1) is 18.9 Å². The van der Waals surface area contributed by atoms with Crippen LogP contribution in [0.2, 0.25) is 0 Å². The highest BCUT2D eigenvalue weighted by Gasteiger charge is 2.11. The van der Waals surface area contributed by atoms with E-state index < -0.39 is 0 Å². The van der Waals surface area contributed by atoms with Crippen LogP contribution < -0.4 is 10.1 Å². The van der Waals surface area contributed by atoms with Gasteiger partial charge in [-0.3, -0.25) is 0 Å². The zero-order valence-electron chi connectivity index (χ0n) is 12.0. The summed E-state index contributed by atoms with van der Waals surface area (Å²) in [6.45, 7) is 6.35. The largest absolute Gasteiger partial charge is 0.488 e. The average molecular weight is 277 g/mol. The topological polar surface area (TPSA) is 34.4 Å². The second kappa shape index (κ2) is 6.57. The molecule has 0 bridgehead atoms. The van der Waals surface area contributed by atoms with Gasteiger partial charge in [0.15, 0.2) is 11.6 Å². The molecule has 0 unspecified atom stereocenters. The zero-order chi connectivity index (χ0) is 14.5. The second-order valence-corrected chi connectivity index (χ2v) is 5.04. The molecule has 1 aromatic carbocycles. The van der Waals surface area contributed by atoms with E-state index >= 15 is 0 Å². The lowest BCUT2D eigenvalue weighted by Crippen LogP contribution is -2.18. The van der Waals surface area contributed by atoms with Crippen molar-refractivity contribution in [1.29, 1.82) is 0 Å². The van der Waals surface area contributed by atoms with Gasteiger partial charge in [0, 0.05) is 6.04 Å². The molecule has 0 aliphatic carbocycles. The Labute approximate surface area is 118 Å². The fraction of sp³-hybridized carbons (Fsp3) is 0.375. The summed E-state index contributed by atoms with van der Waals surface area (Å²) in [6, 6.07) is 8.84. The minimum atomic E-state index is -0.331. The summed E-state index contributed by atoms with van der Waals surface area (Å²) in [4.78, 5) is 0. The van der Waals surface area contributed by atoms with Crippen LogP contribution in [0.1, 0.15) is 38.1 Å². The van der Waals surface area contributed by atoms with Crippen molar-refractivity contribution < 1.29 is 13.5 Å². The van der Waals surface area contributed by atoms with Gasteiger partial charge >= 0.3 is 0 Å². The van der Waals surface area contributed by atoms with Gasteiger partial charge in [-0.15, -0.1) is 0 Å². The van der Waals surface area contributed by atoms with Crippen molar-refractivity contribution in [3.8, 4) is 5.75 Å². The molecule has 0 radical (unpaired) electrons. The summed E-state index contributed by atoms with van der Waals surface area (Å²) >= 11 is 0. The Balaban J connectivity index is 1.99. The van der Waals surface area contributed by atoms with Crippen molar-refractivity contribution in [3.63, 3.8) is 0 Å². The molecule has 0 aliphatic rings. The van der Waals surface area contributed by atoms with E-state index in [-0.39, 0.29) is 18.0 Å². The van der Waals surface area contributed by atoms with E-state index in [1.807, 2.05) is 39.0 Å². The highest BCUT2D eigenvalue weighted by molar-refractivity contribution is 5.31. The first kappa shape index (κ1) is 14.6. The van der Waals surface area contributed by atoms with Gasteiger partial charge in [-0.2, -0.15) is 0 Å². The first-order chi connectivity index (χ1) is 9.56. The van der Waals surface area contributed by atoms with Crippen LogP contribution in [0.4, 0.5) is 4.39 Å². The van der Waals surface area contributed by atoms with Crippen molar-refractivity contribution in [2.24, 2.45) is 0 Å². The summed E-state index contributed by atoms with van der Waals surface area (Å²) in [5.74, 6) is 0.821. The van der Waals surface area contributed by atoms with Gasteiger partial charge in [0.1, 0.15) is 5.76 Å². The Hall–Kier alpha value is -1.81. The third-order valence-electron chi connectivity index (χ3n) is 2.98. The minimum absolute atomic E-state index is 0.0303. The van der Waals surface area contributed by atoms with E-state index in [9.17, 15) is 4.39 Å². The highest BCUT2D eigenvalue weighted by atomic mass is 19.1. The molecule has 108 valence electrons. The molecule has 0 amide bonds. The molecule has 1 atom stereocenters. The Morgan fingerprint density at radius 3 is 2.65 bits per heavy atom. The molecule has 0 aliphatic heterocycles. The van der Waals surface area contributed by atoms with Crippen molar-refractivity contribution >= 4 is 0 Å². The molecule has 20 heavy (non-hydrogen) atoms. The molecule has 0 saturated heterocycles. The summed E-state index contributed by atoms with van der Waals surface area (Å²) in [5, 5.41) is 3.29. The Morgan fingerprint density at radius 1 is 1.25 bits per heavy atom. The maximum Gasteiger partial charge on any atom is 0.165 e. The maximum atomic E-state index is 13.9. The lowest BCUT2D eigenvalue weighted by Gasteiger charge is -2.16. The van der Waals surface area contributed by atoms with Crippen molar-refractivity contribution in [3.05, 3.63) is 53.7 Å². The number of ether oxygens (including phenoxy) is 1.